The summed E-state index contributed by atoms with van der Waals surface area (Å²) in [6, 6.07) is 9.09. The lowest BCUT2D eigenvalue weighted by Crippen LogP contribution is -2.26. The Morgan fingerprint density at radius 1 is 1.43 bits per heavy atom. The second-order valence-corrected chi connectivity index (χ2v) is 2.53. The van der Waals surface area contributed by atoms with E-state index in [-0.39, 0.29) is 6.61 Å². The number of aliphatic hydroxyl groups is 1. The summed E-state index contributed by atoms with van der Waals surface area (Å²) in [5.74, 6) is 0. The number of ether oxygens (including phenoxy) is 2. The fraction of sp³-hybridized carbons (Fsp3) is 0.222. The van der Waals surface area contributed by atoms with Crippen LogP contribution in [-0.4, -0.2) is 17.7 Å². The first-order valence-electron chi connectivity index (χ1n) is 3.99. The molecule has 1 unspecified atom stereocenters. The third-order valence-corrected chi connectivity index (χ3v) is 1.42. The van der Waals surface area contributed by atoms with Gasteiger partial charge in [-0.2, -0.15) is 0 Å². The van der Waals surface area contributed by atoms with E-state index in [0.717, 1.165) is 5.56 Å². The molecule has 0 aliphatic rings. The highest BCUT2D eigenvalue weighted by molar-refractivity contribution is 5.59. The van der Waals surface area contributed by atoms with Crippen molar-refractivity contribution in [1.82, 2.24) is 0 Å². The Morgan fingerprint density at radius 2 is 2.07 bits per heavy atom. The third-order valence-electron chi connectivity index (χ3n) is 1.42. The lowest BCUT2D eigenvalue weighted by atomic mass is 10.2. The number of nitrogens with two attached hydrogens (primary N) is 1. The van der Waals surface area contributed by atoms with Gasteiger partial charge in [0.25, 0.3) is 6.41 Å². The van der Waals surface area contributed by atoms with Crippen LogP contribution in [0.1, 0.15) is 5.56 Å². The van der Waals surface area contributed by atoms with Gasteiger partial charge in [0.05, 0.1) is 0 Å². The van der Waals surface area contributed by atoms with Crippen molar-refractivity contribution in [2.24, 2.45) is 5.73 Å². The number of carbonyl (C=O) groups is 1. The predicted octanol–water partition coefficient (Wildman–Crippen LogP) is 0.574. The summed E-state index contributed by atoms with van der Waals surface area (Å²) in [6.45, 7) is 0.0897. The Bertz CT molecular complexity index is 286. The minimum Gasteiger partial charge on any atom is -0.429 e. The first-order valence-corrected chi connectivity index (χ1v) is 3.99. The number of hydrogen-bond acceptors (Lipinski definition) is 5. The van der Waals surface area contributed by atoms with Gasteiger partial charge in [0, 0.05) is 0 Å². The number of rotatable bonds is 3. The highest BCUT2D eigenvalue weighted by Gasteiger charge is 2.07. The van der Waals surface area contributed by atoms with Crippen LogP contribution in [0, 0.1) is 0 Å². The third kappa shape index (κ3) is 3.88. The normalized spacial score (nSPS) is 11.9. The highest BCUT2D eigenvalue weighted by atomic mass is 16.8. The molecule has 1 atom stereocenters. The molecular weight excluding hydrogens is 186 g/mol. The van der Waals surface area contributed by atoms with E-state index in [9.17, 15) is 4.79 Å². The fourth-order valence-corrected chi connectivity index (χ4v) is 0.849. The zero-order chi connectivity index (χ0) is 10.4. The molecule has 0 bridgehead atoms. The molecule has 0 aliphatic carbocycles. The zero-order valence-corrected chi connectivity index (χ0v) is 7.42. The van der Waals surface area contributed by atoms with Gasteiger partial charge in [-0.1, -0.05) is 30.3 Å². The van der Waals surface area contributed by atoms with Crippen LogP contribution in [0.5, 0.6) is 0 Å². The molecule has 0 saturated carbocycles. The van der Waals surface area contributed by atoms with E-state index >= 15 is 0 Å². The Hall–Kier alpha value is -1.59. The largest absolute Gasteiger partial charge is 0.511 e. The molecule has 0 aliphatic heterocycles. The summed E-state index contributed by atoms with van der Waals surface area (Å²) in [5.41, 5.74) is 5.62. The molecule has 0 radical (unpaired) electrons. The molecule has 1 rings (SSSR count). The second-order valence-electron chi connectivity index (χ2n) is 2.53. The van der Waals surface area contributed by atoms with E-state index in [1.807, 2.05) is 18.2 Å². The molecule has 3 N–H and O–H groups in total. The molecule has 0 saturated heterocycles. The first-order chi connectivity index (χ1) is 6.68. The number of carbonyl (C=O) groups excluding carboxylic acids is 1. The molecule has 1 aromatic carbocycles. The van der Waals surface area contributed by atoms with Crippen molar-refractivity contribution in [2.45, 2.75) is 13.0 Å². The van der Waals surface area contributed by atoms with Crippen LogP contribution in [0.2, 0.25) is 0 Å². The summed E-state index contributed by atoms with van der Waals surface area (Å²) in [5, 5.41) is 8.47. The standard InChI is InChI=1S/C9H11NO4/c10-8(11)14-9(12)13-6-7-4-2-1-3-5-7/h1-5,8,11H,6,10H2. The van der Waals surface area contributed by atoms with Crippen molar-refractivity contribution in [3.05, 3.63) is 35.9 Å². The molecule has 14 heavy (non-hydrogen) atoms. The Morgan fingerprint density at radius 3 is 2.64 bits per heavy atom. The Labute approximate surface area is 81.0 Å². The van der Waals surface area contributed by atoms with Crippen LogP contribution < -0.4 is 5.73 Å². The van der Waals surface area contributed by atoms with E-state index < -0.39 is 12.6 Å². The fourth-order valence-electron chi connectivity index (χ4n) is 0.849. The van der Waals surface area contributed by atoms with E-state index in [1.54, 1.807) is 12.1 Å². The number of benzene rings is 1. The van der Waals surface area contributed by atoms with E-state index in [1.165, 1.54) is 0 Å². The van der Waals surface area contributed by atoms with Gasteiger partial charge in [-0.15, -0.1) is 0 Å². The van der Waals surface area contributed by atoms with Crippen molar-refractivity contribution in [3.8, 4) is 0 Å². The van der Waals surface area contributed by atoms with Crippen LogP contribution in [0.15, 0.2) is 30.3 Å². The highest BCUT2D eigenvalue weighted by Crippen LogP contribution is 2.01. The van der Waals surface area contributed by atoms with E-state index in [2.05, 4.69) is 9.47 Å². The van der Waals surface area contributed by atoms with Gasteiger partial charge in [0.15, 0.2) is 0 Å². The summed E-state index contributed by atoms with van der Waals surface area (Å²) in [4.78, 5) is 10.7. The molecular formula is C9H11NO4. The van der Waals surface area contributed by atoms with Crippen molar-refractivity contribution in [3.63, 3.8) is 0 Å². The topological polar surface area (TPSA) is 81.8 Å². The zero-order valence-electron chi connectivity index (χ0n) is 7.42. The summed E-state index contributed by atoms with van der Waals surface area (Å²) >= 11 is 0. The Balaban J connectivity index is 2.31. The van der Waals surface area contributed by atoms with Crippen molar-refractivity contribution >= 4 is 6.16 Å². The lowest BCUT2D eigenvalue weighted by molar-refractivity contribution is -0.0774. The average molecular weight is 197 g/mol. The van der Waals surface area contributed by atoms with Crippen LogP contribution in [0.3, 0.4) is 0 Å². The van der Waals surface area contributed by atoms with Crippen molar-refractivity contribution in [1.29, 1.82) is 0 Å². The quantitative estimate of drug-likeness (QED) is 0.547. The number of hydrogen-bond donors (Lipinski definition) is 2. The minimum atomic E-state index is -1.64. The van der Waals surface area contributed by atoms with E-state index in [4.69, 9.17) is 10.8 Å². The Kier molecular flexibility index (Phi) is 3.90. The van der Waals surface area contributed by atoms with Gasteiger partial charge < -0.3 is 14.6 Å². The lowest BCUT2D eigenvalue weighted by Gasteiger charge is -2.07. The van der Waals surface area contributed by atoms with Crippen LogP contribution in [0.4, 0.5) is 4.79 Å². The second kappa shape index (κ2) is 5.21. The molecule has 0 spiro atoms. The molecule has 0 amide bonds. The van der Waals surface area contributed by atoms with Crippen LogP contribution in [-0.2, 0) is 16.1 Å². The molecule has 5 heteroatoms. The maximum Gasteiger partial charge on any atom is 0.511 e. The van der Waals surface area contributed by atoms with Gasteiger partial charge in [-0.25, -0.2) is 4.79 Å². The van der Waals surface area contributed by atoms with Crippen LogP contribution in [0.25, 0.3) is 0 Å². The average Bonchev–Trinajstić information content (AvgIpc) is 2.15. The maximum absolute atomic E-state index is 10.7. The molecule has 76 valence electrons. The minimum absolute atomic E-state index is 0.0897. The molecule has 0 aromatic heterocycles. The maximum atomic E-state index is 10.7. The predicted molar refractivity (Wildman–Crippen MR) is 47.9 cm³/mol. The summed E-state index contributed by atoms with van der Waals surface area (Å²) < 4.78 is 8.78. The van der Waals surface area contributed by atoms with Gasteiger partial charge in [-0.3, -0.25) is 5.73 Å². The molecule has 5 nitrogen and oxygen atoms in total. The van der Waals surface area contributed by atoms with Gasteiger partial charge in [0.1, 0.15) is 6.61 Å². The number of aliphatic hydroxyl groups excluding tert-OH is 1. The summed E-state index contributed by atoms with van der Waals surface area (Å²) in [7, 11) is 0. The smallest absolute Gasteiger partial charge is 0.429 e. The SMILES string of the molecule is NC(O)OC(=O)OCc1ccccc1. The van der Waals surface area contributed by atoms with Crippen molar-refractivity contribution in [2.75, 3.05) is 0 Å². The van der Waals surface area contributed by atoms with Gasteiger partial charge >= 0.3 is 6.16 Å². The van der Waals surface area contributed by atoms with Crippen LogP contribution >= 0.6 is 0 Å². The summed E-state index contributed by atoms with van der Waals surface area (Å²) in [6.07, 6.45) is -2.64. The molecule has 0 fully saturated rings. The molecule has 1 aromatic rings. The van der Waals surface area contributed by atoms with Crippen molar-refractivity contribution < 1.29 is 19.4 Å². The van der Waals surface area contributed by atoms with E-state index in [0.29, 0.717) is 0 Å². The van der Waals surface area contributed by atoms with Gasteiger partial charge in [0.2, 0.25) is 0 Å². The first kappa shape index (κ1) is 10.5. The molecule has 0 heterocycles. The monoisotopic (exact) mass is 197 g/mol. The van der Waals surface area contributed by atoms with Gasteiger partial charge in [-0.05, 0) is 5.56 Å².